The molecule has 1 aromatic carbocycles. The minimum absolute atomic E-state index is 0.0207. The topological polar surface area (TPSA) is 65.9 Å². The summed E-state index contributed by atoms with van der Waals surface area (Å²) in [5, 5.41) is 12.6. The van der Waals surface area contributed by atoms with Crippen molar-refractivity contribution in [2.45, 2.75) is 85.5 Å². The molecule has 1 aromatic rings. The van der Waals surface area contributed by atoms with Crippen molar-refractivity contribution in [2.24, 2.45) is 5.41 Å². The maximum atomic E-state index is 13.8. The Hall–Kier alpha value is -4.32. The number of ether oxygens (including phenoxy) is 1. The summed E-state index contributed by atoms with van der Waals surface area (Å²) in [5.41, 5.74) is 4.91. The van der Waals surface area contributed by atoms with Crippen molar-refractivity contribution in [1.82, 2.24) is 4.58 Å². The Bertz CT molecular complexity index is 1940. The molecule has 48 heavy (non-hydrogen) atoms. The van der Waals surface area contributed by atoms with Crippen LogP contribution in [-0.2, 0) is 10.2 Å². The molecule has 7 rings (SSSR count). The molecular formula is C42H49N2O4+. The summed E-state index contributed by atoms with van der Waals surface area (Å²) in [4.78, 5) is 16.2. The third-order valence-electron chi connectivity index (χ3n) is 10.1. The van der Waals surface area contributed by atoms with Crippen molar-refractivity contribution < 1.29 is 19.1 Å². The third-order valence-corrected chi connectivity index (χ3v) is 10.1. The van der Waals surface area contributed by atoms with Crippen molar-refractivity contribution in [3.63, 3.8) is 0 Å². The smallest absolute Gasteiger partial charge is 0.203 e. The van der Waals surface area contributed by atoms with E-state index in [1.165, 1.54) is 38.5 Å². The molecule has 0 atom stereocenters. The molecule has 4 aliphatic heterocycles. The number of ketones is 1. The number of hydrogen-bond acceptors (Lipinski definition) is 5. The van der Waals surface area contributed by atoms with E-state index in [4.69, 9.17) is 9.15 Å². The first-order valence-corrected chi connectivity index (χ1v) is 17.7. The Morgan fingerprint density at radius 1 is 0.812 bits per heavy atom. The van der Waals surface area contributed by atoms with Gasteiger partial charge in [-0.05, 0) is 79.3 Å². The standard InChI is InChI=1S/C42H48N2O4/c1-41(2,3)37-23-27(31-15-13-29(25-35(31)47-37)43-17-9-7-10-18-43)21-33-39(45)34(40(33)46)22-28-24-38(42(4,5)6)48-36-26-30(14-16-32(28)36)44-19-11-8-12-20-44/h13-16,21-26H,7-12,17-20H2,1-6H3/p+1. The van der Waals surface area contributed by atoms with E-state index in [1.54, 1.807) is 0 Å². The van der Waals surface area contributed by atoms with Gasteiger partial charge in [0.1, 0.15) is 41.9 Å². The lowest BCUT2D eigenvalue weighted by Crippen LogP contribution is -2.34. The van der Waals surface area contributed by atoms with Crippen molar-refractivity contribution in [3.8, 4) is 17.1 Å². The van der Waals surface area contributed by atoms with Crippen LogP contribution < -0.4 is 19.6 Å². The molecule has 0 radical (unpaired) electrons. The number of allylic oxidation sites excluding steroid dienone is 6. The van der Waals surface area contributed by atoms with Crippen LogP contribution in [-0.4, -0.2) is 37.1 Å². The van der Waals surface area contributed by atoms with Gasteiger partial charge in [0, 0.05) is 65.7 Å². The molecule has 0 unspecified atom stereocenters. The van der Waals surface area contributed by atoms with E-state index in [0.717, 1.165) is 82.5 Å². The van der Waals surface area contributed by atoms with E-state index in [9.17, 15) is 9.90 Å². The number of anilines is 1. The average Bonchev–Trinajstić information content (AvgIpc) is 3.08. The van der Waals surface area contributed by atoms with E-state index in [-0.39, 0.29) is 22.4 Å². The van der Waals surface area contributed by atoms with Crippen LogP contribution in [0, 0.1) is 5.41 Å². The summed E-state index contributed by atoms with van der Waals surface area (Å²) >= 11 is 0. The summed E-state index contributed by atoms with van der Waals surface area (Å²) in [6.45, 7) is 17.0. The average molecular weight is 646 g/mol. The third kappa shape index (κ3) is 6.18. The van der Waals surface area contributed by atoms with Crippen LogP contribution in [0.25, 0.3) is 23.0 Å². The first-order chi connectivity index (χ1) is 22.9. The summed E-state index contributed by atoms with van der Waals surface area (Å²) in [5.74, 6) is 3.10. The highest BCUT2D eigenvalue weighted by molar-refractivity contribution is 6.24. The highest BCUT2D eigenvalue weighted by Gasteiger charge is 2.35. The Balaban J connectivity index is 1.29. The normalized spacial score (nSPS) is 20.6. The van der Waals surface area contributed by atoms with Gasteiger partial charge in [0.2, 0.25) is 11.1 Å². The number of fused-ring (bicyclic) bond motifs is 2. The van der Waals surface area contributed by atoms with Gasteiger partial charge in [0.15, 0.2) is 0 Å². The van der Waals surface area contributed by atoms with Gasteiger partial charge in [0.25, 0.3) is 0 Å². The fourth-order valence-corrected chi connectivity index (χ4v) is 7.10. The lowest BCUT2D eigenvalue weighted by atomic mass is 9.82. The van der Waals surface area contributed by atoms with Gasteiger partial charge in [-0.15, -0.1) is 0 Å². The van der Waals surface area contributed by atoms with E-state index < -0.39 is 0 Å². The van der Waals surface area contributed by atoms with E-state index in [1.807, 2.05) is 24.3 Å². The van der Waals surface area contributed by atoms with Crippen LogP contribution in [0.5, 0.6) is 5.75 Å². The predicted molar refractivity (Wildman–Crippen MR) is 194 cm³/mol. The Labute approximate surface area is 284 Å². The Morgan fingerprint density at radius 2 is 1.52 bits per heavy atom. The molecule has 1 N–H and O–H groups in total. The summed E-state index contributed by atoms with van der Waals surface area (Å²) in [6, 6.07) is 14.7. The number of carbonyl (C=O) groups excluding carboxylic acids is 1. The zero-order chi connectivity index (χ0) is 33.8. The minimum atomic E-state index is -0.235. The molecule has 6 aliphatic rings. The molecule has 2 aliphatic carbocycles. The van der Waals surface area contributed by atoms with Gasteiger partial charge in [-0.3, -0.25) is 4.79 Å². The van der Waals surface area contributed by atoms with Crippen molar-refractivity contribution >= 4 is 23.1 Å². The van der Waals surface area contributed by atoms with Crippen LogP contribution in [0.3, 0.4) is 0 Å². The molecule has 2 saturated heterocycles. The summed E-state index contributed by atoms with van der Waals surface area (Å²) in [6.07, 6.45) is 13.0. The fourth-order valence-electron chi connectivity index (χ4n) is 7.10. The van der Waals surface area contributed by atoms with Gasteiger partial charge >= 0.3 is 0 Å². The molecule has 250 valence electrons. The second-order valence-corrected chi connectivity index (χ2v) is 15.9. The molecule has 0 amide bonds. The summed E-state index contributed by atoms with van der Waals surface area (Å²) < 4.78 is 15.4. The second kappa shape index (κ2) is 12.3. The van der Waals surface area contributed by atoms with E-state index >= 15 is 0 Å². The number of nitrogens with zero attached hydrogens (tertiary/aromatic N) is 2. The zero-order valence-electron chi connectivity index (χ0n) is 29.4. The predicted octanol–water partition coefficient (Wildman–Crippen LogP) is 8.81. The van der Waals surface area contributed by atoms with Crippen molar-refractivity contribution in [3.05, 3.63) is 99.5 Å². The number of aliphatic hydroxyl groups excluding tert-OH is 1. The number of Topliss-reactive ketones (excluding diaryl/α,β-unsaturated/α-hetero) is 1. The van der Waals surface area contributed by atoms with Gasteiger partial charge in [-0.25, -0.2) is 4.58 Å². The van der Waals surface area contributed by atoms with Gasteiger partial charge in [-0.2, -0.15) is 0 Å². The zero-order valence-corrected chi connectivity index (χ0v) is 29.4. The number of carbonyl (C=O) groups is 1. The number of piperidine rings is 2. The monoisotopic (exact) mass is 645 g/mol. The van der Waals surface area contributed by atoms with Gasteiger partial charge < -0.3 is 19.2 Å². The number of rotatable bonds is 3. The largest absolute Gasteiger partial charge is 0.506 e. The highest BCUT2D eigenvalue weighted by atomic mass is 16.5. The van der Waals surface area contributed by atoms with Crippen LogP contribution in [0.2, 0.25) is 0 Å². The van der Waals surface area contributed by atoms with Crippen molar-refractivity contribution in [1.29, 1.82) is 0 Å². The molecule has 0 spiro atoms. The summed E-state index contributed by atoms with van der Waals surface area (Å²) in [7, 11) is 0. The number of benzene rings is 2. The van der Waals surface area contributed by atoms with Crippen LogP contribution >= 0.6 is 0 Å². The lowest BCUT2D eigenvalue weighted by Gasteiger charge is -2.32. The van der Waals surface area contributed by atoms with Gasteiger partial charge in [0.05, 0.1) is 17.2 Å². The van der Waals surface area contributed by atoms with E-state index in [2.05, 4.69) is 87.4 Å². The first kappa shape index (κ1) is 32.2. The quantitative estimate of drug-likeness (QED) is 0.228. The molecule has 6 nitrogen and oxygen atoms in total. The molecule has 6 heteroatoms. The molecular weight excluding hydrogens is 596 g/mol. The number of aliphatic hydroxyl groups is 1. The van der Waals surface area contributed by atoms with E-state index in [0.29, 0.717) is 11.1 Å². The molecule has 0 saturated carbocycles. The highest BCUT2D eigenvalue weighted by Crippen LogP contribution is 2.44. The Kier molecular flexibility index (Phi) is 8.25. The second-order valence-electron chi connectivity index (χ2n) is 15.9. The minimum Gasteiger partial charge on any atom is -0.506 e. The van der Waals surface area contributed by atoms with Crippen LogP contribution in [0.1, 0.15) is 97.0 Å². The maximum Gasteiger partial charge on any atom is 0.203 e. The van der Waals surface area contributed by atoms with Gasteiger partial charge in [-0.1, -0.05) is 41.5 Å². The number of hydrogen-bond donors (Lipinski definition) is 1. The Morgan fingerprint density at radius 3 is 2.21 bits per heavy atom. The molecule has 4 heterocycles. The molecule has 0 bridgehead atoms. The SMILES string of the molecule is CC(C)(C)C1=CC(=CC2=C(O)C(=Cc3cc(C(C)(C)C)oc4cc(=[N+]5CCCCC5)ccc3-4)C2=O)c2ccc(N3CCCCC3)cc2O1. The molecule has 2 fully saturated rings. The lowest BCUT2D eigenvalue weighted by molar-refractivity contribution is -0.113. The fraction of sp³-hybridized carbons (Fsp3) is 0.429. The van der Waals surface area contributed by atoms with Crippen LogP contribution in [0.15, 0.2) is 81.7 Å². The molecule has 0 aromatic heterocycles. The first-order valence-electron chi connectivity index (χ1n) is 17.7. The van der Waals surface area contributed by atoms with Crippen LogP contribution in [0.4, 0.5) is 5.69 Å². The maximum absolute atomic E-state index is 13.8. The van der Waals surface area contributed by atoms with Crippen molar-refractivity contribution in [2.75, 3.05) is 31.1 Å².